The van der Waals surface area contributed by atoms with Gasteiger partial charge in [0.05, 0.1) is 13.2 Å². The van der Waals surface area contributed by atoms with Gasteiger partial charge in [-0.15, -0.1) is 0 Å². The van der Waals surface area contributed by atoms with Gasteiger partial charge in [-0.2, -0.15) is 0 Å². The molecule has 3 rings (SSSR count). The molecule has 0 aromatic heterocycles. The minimum Gasteiger partial charge on any atom is -0.380 e. The third kappa shape index (κ3) is 1.89. The Morgan fingerprint density at radius 2 is 1.88 bits per heavy atom. The third-order valence-electron chi connectivity index (χ3n) is 4.82. The van der Waals surface area contributed by atoms with Crippen molar-refractivity contribution in [2.75, 3.05) is 26.8 Å². The maximum atomic E-state index is 5.30. The highest BCUT2D eigenvalue weighted by molar-refractivity contribution is 4.97. The Balaban J connectivity index is 1.50. The first-order valence-corrected chi connectivity index (χ1v) is 6.69. The molecule has 0 radical (unpaired) electrons. The minimum atomic E-state index is 0.419. The molecule has 3 saturated heterocycles. The Kier molecular flexibility index (Phi) is 2.73. The largest absolute Gasteiger partial charge is 0.380 e. The van der Waals surface area contributed by atoms with E-state index >= 15 is 0 Å². The molecule has 0 aromatic carbocycles. The molecule has 16 heavy (non-hydrogen) atoms. The van der Waals surface area contributed by atoms with Crippen LogP contribution < -0.4 is 5.32 Å². The molecule has 2 atom stereocenters. The van der Waals surface area contributed by atoms with E-state index in [9.17, 15) is 0 Å². The van der Waals surface area contributed by atoms with Crippen molar-refractivity contribution in [1.82, 2.24) is 10.2 Å². The van der Waals surface area contributed by atoms with Gasteiger partial charge in [0.1, 0.15) is 0 Å². The Labute approximate surface area is 98.5 Å². The van der Waals surface area contributed by atoms with E-state index in [1.807, 2.05) is 0 Å². The second-order valence-electron chi connectivity index (χ2n) is 6.40. The molecule has 3 fully saturated rings. The van der Waals surface area contributed by atoms with Crippen molar-refractivity contribution in [2.45, 2.75) is 50.7 Å². The smallest absolute Gasteiger partial charge is 0.0554 e. The van der Waals surface area contributed by atoms with Crippen LogP contribution in [0, 0.1) is 5.41 Å². The highest BCUT2D eigenvalue weighted by Gasteiger charge is 2.39. The summed E-state index contributed by atoms with van der Waals surface area (Å²) >= 11 is 0. The van der Waals surface area contributed by atoms with Crippen LogP contribution in [0.25, 0.3) is 0 Å². The zero-order chi connectivity index (χ0) is 11.2. The highest BCUT2D eigenvalue weighted by Crippen LogP contribution is 2.34. The molecule has 0 saturated carbocycles. The molecule has 3 heteroatoms. The molecule has 2 unspecified atom stereocenters. The zero-order valence-corrected chi connectivity index (χ0v) is 10.5. The van der Waals surface area contributed by atoms with Gasteiger partial charge in [-0.3, -0.25) is 0 Å². The molecule has 1 N–H and O–H groups in total. The van der Waals surface area contributed by atoms with Crippen molar-refractivity contribution in [1.29, 1.82) is 0 Å². The van der Waals surface area contributed by atoms with Crippen LogP contribution in [0.5, 0.6) is 0 Å². The summed E-state index contributed by atoms with van der Waals surface area (Å²) in [4.78, 5) is 2.60. The molecule has 3 aliphatic rings. The quantitative estimate of drug-likeness (QED) is 0.780. The van der Waals surface area contributed by atoms with Crippen LogP contribution in [0.15, 0.2) is 0 Å². The number of piperidine rings is 1. The zero-order valence-electron chi connectivity index (χ0n) is 10.5. The molecule has 0 aliphatic carbocycles. The molecular weight excluding hydrogens is 200 g/mol. The van der Waals surface area contributed by atoms with Crippen LogP contribution in [-0.4, -0.2) is 49.8 Å². The van der Waals surface area contributed by atoms with Gasteiger partial charge in [-0.05, 0) is 32.7 Å². The fourth-order valence-corrected chi connectivity index (χ4v) is 3.52. The van der Waals surface area contributed by atoms with Gasteiger partial charge in [0, 0.05) is 30.1 Å². The summed E-state index contributed by atoms with van der Waals surface area (Å²) in [6, 6.07) is 2.45. The number of hydrogen-bond donors (Lipinski definition) is 1. The Morgan fingerprint density at radius 1 is 1.25 bits per heavy atom. The first-order valence-electron chi connectivity index (χ1n) is 6.69. The van der Waals surface area contributed by atoms with E-state index in [0.29, 0.717) is 5.41 Å². The van der Waals surface area contributed by atoms with Crippen molar-refractivity contribution < 1.29 is 4.74 Å². The van der Waals surface area contributed by atoms with Crippen LogP contribution in [0.1, 0.15) is 32.6 Å². The SMILES string of the molecule is CN1C2CCC1CC(NCC1(C)COC1)C2. The monoisotopic (exact) mass is 224 g/mol. The first-order chi connectivity index (χ1) is 7.66. The minimum absolute atomic E-state index is 0.419. The lowest BCUT2D eigenvalue weighted by atomic mass is 9.87. The highest BCUT2D eigenvalue weighted by atomic mass is 16.5. The number of nitrogens with one attached hydrogen (secondary N) is 1. The summed E-state index contributed by atoms with van der Waals surface area (Å²) < 4.78 is 5.30. The van der Waals surface area contributed by atoms with Crippen LogP contribution >= 0.6 is 0 Å². The molecule has 0 aromatic rings. The molecule has 0 spiro atoms. The number of rotatable bonds is 3. The number of ether oxygens (including phenoxy) is 1. The number of hydrogen-bond acceptors (Lipinski definition) is 3. The lowest BCUT2D eigenvalue weighted by molar-refractivity contribution is -0.101. The first kappa shape index (κ1) is 11.0. The Morgan fingerprint density at radius 3 is 2.38 bits per heavy atom. The molecule has 92 valence electrons. The second-order valence-corrected chi connectivity index (χ2v) is 6.40. The van der Waals surface area contributed by atoms with Crippen LogP contribution in [-0.2, 0) is 4.74 Å². The maximum Gasteiger partial charge on any atom is 0.0554 e. The van der Waals surface area contributed by atoms with Crippen molar-refractivity contribution >= 4 is 0 Å². The van der Waals surface area contributed by atoms with E-state index in [0.717, 1.165) is 37.9 Å². The van der Waals surface area contributed by atoms with E-state index in [-0.39, 0.29) is 0 Å². The van der Waals surface area contributed by atoms with Crippen LogP contribution in [0.3, 0.4) is 0 Å². The topological polar surface area (TPSA) is 24.5 Å². The summed E-state index contributed by atoms with van der Waals surface area (Å²) in [7, 11) is 2.31. The van der Waals surface area contributed by atoms with E-state index in [1.54, 1.807) is 0 Å². The lowest BCUT2D eigenvalue weighted by Crippen LogP contribution is -2.53. The van der Waals surface area contributed by atoms with Crippen molar-refractivity contribution in [2.24, 2.45) is 5.41 Å². The standard InChI is InChI=1S/C13H24N2O/c1-13(8-16-9-13)7-14-10-5-11-3-4-12(6-10)15(11)2/h10-12,14H,3-9H2,1-2H3. The average Bonchev–Trinajstić information content (AvgIpc) is 2.49. The molecule has 3 aliphatic heterocycles. The number of fused-ring (bicyclic) bond motifs is 2. The molecule has 3 heterocycles. The van der Waals surface area contributed by atoms with E-state index in [2.05, 4.69) is 24.2 Å². The van der Waals surface area contributed by atoms with Gasteiger partial charge in [-0.25, -0.2) is 0 Å². The van der Waals surface area contributed by atoms with Gasteiger partial charge in [0.2, 0.25) is 0 Å². The summed E-state index contributed by atoms with van der Waals surface area (Å²) in [5.74, 6) is 0. The summed E-state index contributed by atoms with van der Waals surface area (Å²) in [6.45, 7) is 5.35. The van der Waals surface area contributed by atoms with Crippen molar-refractivity contribution in [3.63, 3.8) is 0 Å². The van der Waals surface area contributed by atoms with E-state index in [4.69, 9.17) is 4.74 Å². The summed E-state index contributed by atoms with van der Waals surface area (Å²) in [6.07, 6.45) is 5.54. The second kappa shape index (κ2) is 3.97. The predicted octanol–water partition coefficient (Wildman–Crippen LogP) is 1.24. The van der Waals surface area contributed by atoms with Gasteiger partial charge < -0.3 is 15.0 Å². The van der Waals surface area contributed by atoms with Gasteiger partial charge >= 0.3 is 0 Å². The van der Waals surface area contributed by atoms with Crippen LogP contribution in [0.2, 0.25) is 0 Å². The molecule has 3 nitrogen and oxygen atoms in total. The normalized spacial score (nSPS) is 42.0. The van der Waals surface area contributed by atoms with Crippen molar-refractivity contribution in [3.05, 3.63) is 0 Å². The Hall–Kier alpha value is -0.120. The predicted molar refractivity (Wildman–Crippen MR) is 64.5 cm³/mol. The molecule has 0 amide bonds. The van der Waals surface area contributed by atoms with Crippen LogP contribution in [0.4, 0.5) is 0 Å². The lowest BCUT2D eigenvalue weighted by Gasteiger charge is -2.42. The Bertz CT molecular complexity index is 251. The maximum absolute atomic E-state index is 5.30. The van der Waals surface area contributed by atoms with Crippen molar-refractivity contribution in [3.8, 4) is 0 Å². The fourth-order valence-electron chi connectivity index (χ4n) is 3.52. The summed E-state index contributed by atoms with van der Waals surface area (Å²) in [5.41, 5.74) is 0.419. The fraction of sp³-hybridized carbons (Fsp3) is 1.00. The third-order valence-corrected chi connectivity index (χ3v) is 4.82. The summed E-state index contributed by atoms with van der Waals surface area (Å²) in [5, 5.41) is 3.78. The molecular formula is C13H24N2O. The van der Waals surface area contributed by atoms with Gasteiger partial charge in [0.25, 0.3) is 0 Å². The van der Waals surface area contributed by atoms with E-state index < -0.39 is 0 Å². The van der Waals surface area contributed by atoms with E-state index in [1.165, 1.54) is 25.7 Å². The van der Waals surface area contributed by atoms with Gasteiger partial charge in [0.15, 0.2) is 0 Å². The van der Waals surface area contributed by atoms with Gasteiger partial charge in [-0.1, -0.05) is 6.92 Å². The average molecular weight is 224 g/mol. The number of nitrogens with zero attached hydrogens (tertiary/aromatic N) is 1. The molecule has 2 bridgehead atoms.